The van der Waals surface area contributed by atoms with Crippen LogP contribution in [0.25, 0.3) is 0 Å². The van der Waals surface area contributed by atoms with E-state index in [9.17, 15) is 0 Å². The van der Waals surface area contributed by atoms with Gasteiger partial charge in [0.25, 0.3) is 0 Å². The van der Waals surface area contributed by atoms with E-state index >= 15 is 0 Å². The molecule has 1 atom stereocenters. The van der Waals surface area contributed by atoms with Gasteiger partial charge in [-0.3, -0.25) is 4.90 Å². The summed E-state index contributed by atoms with van der Waals surface area (Å²) in [5, 5.41) is 12.0. The summed E-state index contributed by atoms with van der Waals surface area (Å²) in [5.74, 6) is 0.337. The van der Waals surface area contributed by atoms with E-state index in [2.05, 4.69) is 40.9 Å². The summed E-state index contributed by atoms with van der Waals surface area (Å²) in [6, 6.07) is 0.0777. The van der Waals surface area contributed by atoms with Crippen LogP contribution in [0.2, 0.25) is 0 Å². The van der Waals surface area contributed by atoms with Crippen molar-refractivity contribution in [3.8, 4) is 0 Å². The first-order chi connectivity index (χ1) is 9.08. The lowest BCUT2D eigenvalue weighted by molar-refractivity contribution is 0.112. The molecule has 3 N–H and O–H groups in total. The van der Waals surface area contributed by atoms with Crippen molar-refractivity contribution in [1.82, 2.24) is 14.7 Å². The van der Waals surface area contributed by atoms with Crippen LogP contribution in [0.1, 0.15) is 19.8 Å². The van der Waals surface area contributed by atoms with E-state index in [1.54, 1.807) is 0 Å². The van der Waals surface area contributed by atoms with E-state index in [4.69, 9.17) is 10.9 Å². The molecule has 1 saturated heterocycles. The smallest absolute Gasteiger partial charge is 0.156 e. The molecule has 1 aliphatic rings. The van der Waals surface area contributed by atoms with E-state index < -0.39 is 0 Å². The molecule has 0 spiro atoms. The zero-order valence-corrected chi connectivity index (χ0v) is 12.5. The molecule has 0 aromatic carbocycles. The van der Waals surface area contributed by atoms with Gasteiger partial charge in [0.05, 0.1) is 6.04 Å². The van der Waals surface area contributed by atoms with Gasteiger partial charge in [0.2, 0.25) is 0 Å². The highest BCUT2D eigenvalue weighted by Gasteiger charge is 2.25. The minimum absolute atomic E-state index is 0.0777. The number of oxime groups is 1. The number of rotatable bonds is 7. The highest BCUT2D eigenvalue weighted by atomic mass is 16.4. The van der Waals surface area contributed by atoms with Crippen LogP contribution in [-0.4, -0.2) is 85.1 Å². The minimum atomic E-state index is 0.0777. The normalized spacial score (nSPS) is 20.9. The summed E-state index contributed by atoms with van der Waals surface area (Å²) < 4.78 is 0. The van der Waals surface area contributed by atoms with E-state index in [-0.39, 0.29) is 6.04 Å². The van der Waals surface area contributed by atoms with Crippen LogP contribution in [0, 0.1) is 0 Å². The quantitative estimate of drug-likeness (QED) is 0.297. The Labute approximate surface area is 116 Å². The Morgan fingerprint density at radius 2 is 1.95 bits per heavy atom. The van der Waals surface area contributed by atoms with Crippen LogP contribution in [0.5, 0.6) is 0 Å². The molecule has 6 heteroatoms. The monoisotopic (exact) mass is 271 g/mol. The third-order valence-corrected chi connectivity index (χ3v) is 3.77. The Bertz CT molecular complexity index is 274. The molecule has 1 heterocycles. The molecule has 1 unspecified atom stereocenters. The highest BCUT2D eigenvalue weighted by Crippen LogP contribution is 2.10. The summed E-state index contributed by atoms with van der Waals surface area (Å²) in [4.78, 5) is 7.04. The van der Waals surface area contributed by atoms with Gasteiger partial charge in [-0.25, -0.2) is 0 Å². The number of hydrogen-bond donors (Lipinski definition) is 2. The van der Waals surface area contributed by atoms with Gasteiger partial charge in [0, 0.05) is 26.2 Å². The van der Waals surface area contributed by atoms with Gasteiger partial charge >= 0.3 is 0 Å². The average Bonchev–Trinajstić information content (AvgIpc) is 2.40. The second-order valence-electron chi connectivity index (χ2n) is 5.48. The molecule has 1 aliphatic heterocycles. The van der Waals surface area contributed by atoms with Crippen LogP contribution in [0.15, 0.2) is 5.16 Å². The van der Waals surface area contributed by atoms with E-state index in [0.717, 1.165) is 45.7 Å². The second kappa shape index (κ2) is 8.35. The maximum atomic E-state index is 8.81. The molecule has 6 nitrogen and oxygen atoms in total. The lowest BCUT2D eigenvalue weighted by atomic mass is 10.1. The third-order valence-electron chi connectivity index (χ3n) is 3.77. The summed E-state index contributed by atoms with van der Waals surface area (Å²) in [7, 11) is 4.22. The Morgan fingerprint density at radius 1 is 1.32 bits per heavy atom. The topological polar surface area (TPSA) is 68.3 Å². The molecule has 19 heavy (non-hydrogen) atoms. The fraction of sp³-hybridized carbons (Fsp3) is 0.923. The molecular formula is C13H29N5O. The van der Waals surface area contributed by atoms with Gasteiger partial charge < -0.3 is 20.7 Å². The fourth-order valence-corrected chi connectivity index (χ4v) is 2.63. The third kappa shape index (κ3) is 5.34. The Morgan fingerprint density at radius 3 is 2.42 bits per heavy atom. The molecule has 0 amide bonds. The molecule has 0 aromatic rings. The first kappa shape index (κ1) is 16.2. The van der Waals surface area contributed by atoms with Gasteiger partial charge in [-0.15, -0.1) is 0 Å². The van der Waals surface area contributed by atoms with Gasteiger partial charge in [-0.2, -0.15) is 0 Å². The van der Waals surface area contributed by atoms with Gasteiger partial charge in [-0.05, 0) is 40.0 Å². The fourth-order valence-electron chi connectivity index (χ4n) is 2.63. The van der Waals surface area contributed by atoms with Crippen molar-refractivity contribution >= 4 is 5.84 Å². The van der Waals surface area contributed by atoms with E-state index in [1.807, 2.05) is 0 Å². The van der Waals surface area contributed by atoms with Crippen molar-refractivity contribution in [3.05, 3.63) is 0 Å². The highest BCUT2D eigenvalue weighted by molar-refractivity contribution is 5.85. The standard InChI is InChI=1S/C13H29N5O/c1-4-12(13(14)15-19)18-10-8-17(9-11-18)7-5-6-16(2)3/h12,19H,4-11H2,1-3H3,(H2,14,15). The predicted molar refractivity (Wildman–Crippen MR) is 78.7 cm³/mol. The molecule has 0 saturated carbocycles. The van der Waals surface area contributed by atoms with Crippen molar-refractivity contribution < 1.29 is 5.21 Å². The molecule has 0 aliphatic carbocycles. The van der Waals surface area contributed by atoms with Crippen LogP contribution in [0.3, 0.4) is 0 Å². The van der Waals surface area contributed by atoms with Crippen molar-refractivity contribution in [2.24, 2.45) is 10.9 Å². The Hall–Kier alpha value is -0.850. The van der Waals surface area contributed by atoms with Crippen molar-refractivity contribution in [1.29, 1.82) is 0 Å². The van der Waals surface area contributed by atoms with Crippen LogP contribution >= 0.6 is 0 Å². The molecule has 1 rings (SSSR count). The lowest BCUT2D eigenvalue weighted by Gasteiger charge is -2.38. The first-order valence-corrected chi connectivity index (χ1v) is 7.17. The predicted octanol–water partition coefficient (Wildman–Crippen LogP) is 0.0807. The number of nitrogens with two attached hydrogens (primary N) is 1. The Balaban J connectivity index is 2.31. The molecule has 0 aromatic heterocycles. The van der Waals surface area contributed by atoms with Gasteiger partial charge in [0.1, 0.15) is 0 Å². The SMILES string of the molecule is CCC(C(N)=NO)N1CCN(CCCN(C)C)CC1. The first-order valence-electron chi connectivity index (χ1n) is 7.17. The van der Waals surface area contributed by atoms with Crippen LogP contribution < -0.4 is 5.73 Å². The van der Waals surface area contributed by atoms with Gasteiger partial charge in [-0.1, -0.05) is 12.1 Å². The largest absolute Gasteiger partial charge is 0.409 e. The molecule has 0 bridgehead atoms. The van der Waals surface area contributed by atoms with Crippen LogP contribution in [0.4, 0.5) is 0 Å². The van der Waals surface area contributed by atoms with Crippen molar-refractivity contribution in [2.45, 2.75) is 25.8 Å². The summed E-state index contributed by atoms with van der Waals surface area (Å²) in [5.41, 5.74) is 5.75. The second-order valence-corrected chi connectivity index (χ2v) is 5.48. The van der Waals surface area contributed by atoms with E-state index in [1.165, 1.54) is 6.42 Å². The Kier molecular flexibility index (Phi) is 7.12. The van der Waals surface area contributed by atoms with Crippen molar-refractivity contribution in [3.63, 3.8) is 0 Å². The maximum absolute atomic E-state index is 8.81. The number of hydrogen-bond acceptors (Lipinski definition) is 5. The van der Waals surface area contributed by atoms with Crippen molar-refractivity contribution in [2.75, 3.05) is 53.4 Å². The summed E-state index contributed by atoms with van der Waals surface area (Å²) >= 11 is 0. The molecule has 112 valence electrons. The zero-order chi connectivity index (χ0) is 14.3. The average molecular weight is 271 g/mol. The molecular weight excluding hydrogens is 242 g/mol. The zero-order valence-electron chi connectivity index (χ0n) is 12.5. The maximum Gasteiger partial charge on any atom is 0.156 e. The summed E-state index contributed by atoms with van der Waals surface area (Å²) in [6.07, 6.45) is 2.10. The molecule has 0 radical (unpaired) electrons. The minimum Gasteiger partial charge on any atom is -0.409 e. The summed E-state index contributed by atoms with van der Waals surface area (Å²) in [6.45, 7) is 8.51. The number of nitrogens with zero attached hydrogens (tertiary/aromatic N) is 4. The van der Waals surface area contributed by atoms with E-state index in [0.29, 0.717) is 5.84 Å². The van der Waals surface area contributed by atoms with Crippen LogP contribution in [-0.2, 0) is 0 Å². The number of piperazine rings is 1. The number of amidine groups is 1. The molecule has 1 fully saturated rings. The lowest BCUT2D eigenvalue weighted by Crippen LogP contribution is -2.54. The van der Waals surface area contributed by atoms with Gasteiger partial charge in [0.15, 0.2) is 5.84 Å².